The Morgan fingerprint density at radius 2 is 1.73 bits per heavy atom. The third-order valence-corrected chi connectivity index (χ3v) is 7.34. The van der Waals surface area contributed by atoms with E-state index in [-0.39, 0.29) is 17.9 Å². The van der Waals surface area contributed by atoms with Crippen molar-refractivity contribution < 1.29 is 13.2 Å². The second-order valence-corrected chi connectivity index (χ2v) is 9.48. The van der Waals surface area contributed by atoms with E-state index in [1.807, 2.05) is 39.8 Å². The maximum atomic E-state index is 13.1. The molecule has 1 saturated heterocycles. The number of piperidine rings is 1. The topological polar surface area (TPSA) is 66.5 Å². The van der Waals surface area contributed by atoms with Gasteiger partial charge in [-0.1, -0.05) is 31.0 Å². The van der Waals surface area contributed by atoms with E-state index in [0.717, 1.165) is 29.5 Å². The molecule has 1 aromatic rings. The maximum Gasteiger partial charge on any atom is 0.243 e. The van der Waals surface area contributed by atoms with Gasteiger partial charge in [0.2, 0.25) is 15.9 Å². The lowest BCUT2D eigenvalue weighted by Gasteiger charge is -2.32. The van der Waals surface area contributed by atoms with Crippen molar-refractivity contribution >= 4 is 15.9 Å². The highest BCUT2D eigenvalue weighted by Gasteiger charge is 2.33. The van der Waals surface area contributed by atoms with Crippen LogP contribution in [0.2, 0.25) is 0 Å². The minimum absolute atomic E-state index is 0.0608. The molecule has 1 aromatic carbocycles. The van der Waals surface area contributed by atoms with Crippen molar-refractivity contribution in [3.8, 4) is 0 Å². The van der Waals surface area contributed by atoms with Crippen molar-refractivity contribution in [2.24, 2.45) is 5.92 Å². The smallest absolute Gasteiger partial charge is 0.243 e. The van der Waals surface area contributed by atoms with E-state index >= 15 is 0 Å². The van der Waals surface area contributed by atoms with Gasteiger partial charge in [-0.3, -0.25) is 4.79 Å². The highest BCUT2D eigenvalue weighted by molar-refractivity contribution is 7.89. The molecule has 1 N–H and O–H groups in total. The first kappa shape index (κ1) is 20.9. The third kappa shape index (κ3) is 4.65. The number of benzene rings is 1. The minimum Gasteiger partial charge on any atom is -0.353 e. The first-order valence-electron chi connectivity index (χ1n) is 9.55. The lowest BCUT2D eigenvalue weighted by atomic mass is 9.96. The number of hydrogen-bond acceptors (Lipinski definition) is 3. The van der Waals surface area contributed by atoms with E-state index < -0.39 is 10.0 Å². The number of carbonyl (C=O) groups is 1. The van der Waals surface area contributed by atoms with Gasteiger partial charge in [0, 0.05) is 25.0 Å². The van der Waals surface area contributed by atoms with E-state index in [2.05, 4.69) is 12.2 Å². The van der Waals surface area contributed by atoms with Crippen LogP contribution >= 0.6 is 0 Å². The Kier molecular flexibility index (Phi) is 6.86. The Morgan fingerprint density at radius 1 is 1.19 bits per heavy atom. The van der Waals surface area contributed by atoms with Crippen LogP contribution in [0.3, 0.4) is 0 Å². The van der Waals surface area contributed by atoms with Crippen molar-refractivity contribution in [2.45, 2.75) is 71.2 Å². The fourth-order valence-electron chi connectivity index (χ4n) is 3.93. The van der Waals surface area contributed by atoms with Crippen LogP contribution in [-0.4, -0.2) is 37.8 Å². The van der Waals surface area contributed by atoms with Crippen LogP contribution < -0.4 is 5.32 Å². The molecule has 6 heteroatoms. The molecule has 5 nitrogen and oxygen atoms in total. The summed E-state index contributed by atoms with van der Waals surface area (Å²) in [4.78, 5) is 12.8. The molecule has 0 spiro atoms. The Morgan fingerprint density at radius 3 is 2.23 bits per heavy atom. The van der Waals surface area contributed by atoms with Gasteiger partial charge in [0.15, 0.2) is 0 Å². The summed E-state index contributed by atoms with van der Waals surface area (Å²) in [6, 6.07) is 4.00. The average molecular weight is 381 g/mol. The molecule has 1 atom stereocenters. The van der Waals surface area contributed by atoms with Gasteiger partial charge in [-0.2, -0.15) is 4.31 Å². The molecule has 0 aliphatic carbocycles. The van der Waals surface area contributed by atoms with Crippen LogP contribution in [0.4, 0.5) is 0 Å². The van der Waals surface area contributed by atoms with Crippen molar-refractivity contribution in [3.63, 3.8) is 0 Å². The maximum absolute atomic E-state index is 13.1. The molecule has 0 radical (unpaired) electrons. The second kappa shape index (κ2) is 8.53. The molecule has 26 heavy (non-hydrogen) atoms. The lowest BCUT2D eigenvalue weighted by Crippen LogP contribution is -2.45. The summed E-state index contributed by atoms with van der Waals surface area (Å²) < 4.78 is 27.7. The van der Waals surface area contributed by atoms with Gasteiger partial charge < -0.3 is 5.32 Å². The molecule has 0 aromatic heterocycles. The van der Waals surface area contributed by atoms with Crippen LogP contribution in [-0.2, 0) is 14.8 Å². The third-order valence-electron chi connectivity index (χ3n) is 5.14. The molecule has 0 saturated carbocycles. The monoisotopic (exact) mass is 380 g/mol. The van der Waals surface area contributed by atoms with Crippen molar-refractivity contribution in [3.05, 3.63) is 28.8 Å². The van der Waals surface area contributed by atoms with E-state index in [1.165, 1.54) is 4.31 Å². The largest absolute Gasteiger partial charge is 0.353 e. The number of hydrogen-bond donors (Lipinski definition) is 1. The quantitative estimate of drug-likeness (QED) is 0.823. The summed E-state index contributed by atoms with van der Waals surface area (Å²) in [5.41, 5.74) is 2.64. The van der Waals surface area contributed by atoms with Crippen LogP contribution in [0.25, 0.3) is 0 Å². The molecular weight excluding hydrogens is 348 g/mol. The minimum atomic E-state index is -3.52. The molecule has 146 valence electrons. The van der Waals surface area contributed by atoms with Crippen molar-refractivity contribution in [1.29, 1.82) is 0 Å². The van der Waals surface area contributed by atoms with E-state index in [4.69, 9.17) is 0 Å². The zero-order chi connectivity index (χ0) is 19.5. The zero-order valence-electron chi connectivity index (χ0n) is 16.6. The number of nitrogens with zero attached hydrogens (tertiary/aromatic N) is 1. The molecule has 1 fully saturated rings. The molecule has 1 amide bonds. The SMILES string of the molecule is CCC[C@@H](C)NC(=O)C1CCN(S(=O)(=O)c2c(C)cc(C)cc2C)CC1. The van der Waals surface area contributed by atoms with Crippen LogP contribution in [0.5, 0.6) is 0 Å². The summed E-state index contributed by atoms with van der Waals surface area (Å²) in [6.07, 6.45) is 3.15. The summed E-state index contributed by atoms with van der Waals surface area (Å²) in [7, 11) is -3.52. The fourth-order valence-corrected chi connectivity index (χ4v) is 5.81. The summed E-state index contributed by atoms with van der Waals surface area (Å²) in [6.45, 7) is 10.6. The van der Waals surface area contributed by atoms with Gasteiger partial charge in [0.1, 0.15) is 0 Å². The van der Waals surface area contributed by atoms with Gasteiger partial charge in [-0.05, 0) is 58.1 Å². The van der Waals surface area contributed by atoms with Gasteiger partial charge in [-0.25, -0.2) is 8.42 Å². The number of carbonyl (C=O) groups excluding carboxylic acids is 1. The normalized spacial score (nSPS) is 17.9. The Hall–Kier alpha value is -1.40. The van der Waals surface area contributed by atoms with E-state index in [9.17, 15) is 13.2 Å². The molecule has 1 aliphatic rings. The van der Waals surface area contributed by atoms with Crippen molar-refractivity contribution in [1.82, 2.24) is 9.62 Å². The first-order chi connectivity index (χ1) is 12.2. The summed E-state index contributed by atoms with van der Waals surface area (Å²) >= 11 is 0. The van der Waals surface area contributed by atoms with Gasteiger partial charge in [0.05, 0.1) is 4.90 Å². The standard InChI is InChI=1S/C20H32N2O3S/c1-6-7-17(5)21-20(23)18-8-10-22(11-9-18)26(24,25)19-15(3)12-14(2)13-16(19)4/h12-13,17-18H,6-11H2,1-5H3,(H,21,23)/t17-/m1/s1. The summed E-state index contributed by atoms with van der Waals surface area (Å²) in [5, 5.41) is 3.05. The lowest BCUT2D eigenvalue weighted by molar-refractivity contribution is -0.126. The average Bonchev–Trinajstić information content (AvgIpc) is 2.53. The number of rotatable bonds is 6. The van der Waals surface area contributed by atoms with Gasteiger partial charge >= 0.3 is 0 Å². The highest BCUT2D eigenvalue weighted by Crippen LogP contribution is 2.28. The second-order valence-electron chi connectivity index (χ2n) is 7.60. The van der Waals surface area contributed by atoms with E-state index in [0.29, 0.717) is 30.8 Å². The number of aryl methyl sites for hydroxylation is 3. The van der Waals surface area contributed by atoms with E-state index in [1.54, 1.807) is 0 Å². The van der Waals surface area contributed by atoms with Gasteiger partial charge in [-0.15, -0.1) is 0 Å². The Labute approximate surface area is 158 Å². The summed E-state index contributed by atoms with van der Waals surface area (Å²) in [5.74, 6) is -0.0355. The molecule has 1 aliphatic heterocycles. The predicted octanol–water partition coefficient (Wildman–Crippen LogP) is 3.32. The van der Waals surface area contributed by atoms with Crippen LogP contribution in [0.15, 0.2) is 17.0 Å². The number of nitrogens with one attached hydrogen (secondary N) is 1. The first-order valence-corrected chi connectivity index (χ1v) is 11.0. The molecular formula is C20H32N2O3S. The zero-order valence-corrected chi connectivity index (χ0v) is 17.4. The van der Waals surface area contributed by atoms with Crippen LogP contribution in [0, 0.1) is 26.7 Å². The molecule has 2 rings (SSSR count). The van der Waals surface area contributed by atoms with Gasteiger partial charge in [0.25, 0.3) is 0 Å². The Bertz CT molecular complexity index is 727. The highest BCUT2D eigenvalue weighted by atomic mass is 32.2. The Balaban J connectivity index is 2.06. The molecule has 0 unspecified atom stereocenters. The van der Waals surface area contributed by atoms with Crippen LogP contribution in [0.1, 0.15) is 56.2 Å². The predicted molar refractivity (Wildman–Crippen MR) is 105 cm³/mol. The number of amides is 1. The van der Waals surface area contributed by atoms with Crippen molar-refractivity contribution in [2.75, 3.05) is 13.1 Å². The fraction of sp³-hybridized carbons (Fsp3) is 0.650. The molecule has 0 bridgehead atoms. The number of sulfonamides is 1. The molecule has 1 heterocycles.